The fourth-order valence-corrected chi connectivity index (χ4v) is 3.31. The number of hydrogen-bond acceptors (Lipinski definition) is 2. The smallest absolute Gasteiger partial charge is 0.0837 e. The molecule has 2 heteroatoms. The Morgan fingerprint density at radius 1 is 1.12 bits per heavy atom. The van der Waals surface area contributed by atoms with Gasteiger partial charge in [-0.1, -0.05) is 40.0 Å². The average Bonchev–Trinajstić information content (AvgIpc) is 2.30. The molecule has 0 radical (unpaired) electrons. The van der Waals surface area contributed by atoms with Crippen LogP contribution >= 0.6 is 0 Å². The molecule has 0 spiro atoms. The van der Waals surface area contributed by atoms with E-state index < -0.39 is 0 Å². The quantitative estimate of drug-likeness (QED) is 0.733. The van der Waals surface area contributed by atoms with Crippen LogP contribution in [-0.4, -0.2) is 24.8 Å². The molecule has 0 aromatic carbocycles. The summed E-state index contributed by atoms with van der Waals surface area (Å²) in [5.41, 5.74) is 0.107. The van der Waals surface area contributed by atoms with Gasteiger partial charge < -0.3 is 10.1 Å². The Morgan fingerprint density at radius 2 is 1.76 bits per heavy atom. The summed E-state index contributed by atoms with van der Waals surface area (Å²) in [5, 5.41) is 3.74. The maximum atomic E-state index is 6.23. The third kappa shape index (κ3) is 3.96. The predicted octanol–water partition coefficient (Wildman–Crippen LogP) is 3.75. The van der Waals surface area contributed by atoms with E-state index in [9.17, 15) is 0 Å². The molecule has 0 aliphatic heterocycles. The Labute approximate surface area is 108 Å². The summed E-state index contributed by atoms with van der Waals surface area (Å²) in [7, 11) is 0. The largest absolute Gasteiger partial charge is 0.374 e. The summed E-state index contributed by atoms with van der Waals surface area (Å²) in [6.07, 6.45) is 7.72. The zero-order valence-corrected chi connectivity index (χ0v) is 12.2. The van der Waals surface area contributed by atoms with Crippen LogP contribution in [0.1, 0.15) is 66.2 Å². The summed E-state index contributed by atoms with van der Waals surface area (Å²) in [6, 6.07) is 0.516. The van der Waals surface area contributed by atoms with E-state index in [-0.39, 0.29) is 5.60 Å². The van der Waals surface area contributed by atoms with Crippen LogP contribution in [-0.2, 0) is 4.74 Å². The second-order valence-corrected chi connectivity index (χ2v) is 5.73. The fraction of sp³-hybridized carbons (Fsp3) is 1.00. The number of ether oxygens (including phenoxy) is 1. The minimum absolute atomic E-state index is 0.107. The molecule has 102 valence electrons. The van der Waals surface area contributed by atoms with Crippen molar-refractivity contribution in [3.63, 3.8) is 0 Å². The van der Waals surface area contributed by atoms with Gasteiger partial charge in [0.1, 0.15) is 0 Å². The van der Waals surface area contributed by atoms with E-state index in [2.05, 4.69) is 33.0 Å². The lowest BCUT2D eigenvalue weighted by Gasteiger charge is -2.45. The van der Waals surface area contributed by atoms with E-state index >= 15 is 0 Å². The molecule has 1 atom stereocenters. The molecule has 1 aliphatic rings. The number of hydrogen-bond donors (Lipinski definition) is 1. The van der Waals surface area contributed by atoms with Gasteiger partial charge in [0.15, 0.2) is 0 Å². The first-order valence-corrected chi connectivity index (χ1v) is 7.53. The standard InChI is InChI=1S/C15H31NO/c1-5-12-16-14(13(3)4)15(17-6-2)10-8-7-9-11-15/h13-14,16H,5-12H2,1-4H3. The van der Waals surface area contributed by atoms with E-state index in [0.717, 1.165) is 13.2 Å². The SMILES string of the molecule is CCCNC(C(C)C)C1(OCC)CCCCC1. The van der Waals surface area contributed by atoms with Crippen LogP contribution in [0.2, 0.25) is 0 Å². The molecule has 0 heterocycles. The Balaban J connectivity index is 2.75. The highest BCUT2D eigenvalue weighted by Crippen LogP contribution is 2.37. The van der Waals surface area contributed by atoms with E-state index in [1.54, 1.807) is 0 Å². The first-order valence-electron chi connectivity index (χ1n) is 7.53. The molecular weight excluding hydrogens is 210 g/mol. The molecule has 1 unspecified atom stereocenters. The molecule has 1 aliphatic carbocycles. The Hall–Kier alpha value is -0.0800. The summed E-state index contributed by atoms with van der Waals surface area (Å²) < 4.78 is 6.23. The van der Waals surface area contributed by atoms with Crippen LogP contribution in [0.15, 0.2) is 0 Å². The monoisotopic (exact) mass is 241 g/mol. The minimum atomic E-state index is 0.107. The van der Waals surface area contributed by atoms with Crippen molar-refractivity contribution in [1.82, 2.24) is 5.32 Å². The van der Waals surface area contributed by atoms with E-state index in [1.807, 2.05) is 0 Å². The zero-order chi connectivity index (χ0) is 12.7. The molecule has 0 aromatic rings. The van der Waals surface area contributed by atoms with E-state index in [0.29, 0.717) is 12.0 Å². The molecule has 1 saturated carbocycles. The van der Waals surface area contributed by atoms with Crippen molar-refractivity contribution in [2.24, 2.45) is 5.92 Å². The fourth-order valence-electron chi connectivity index (χ4n) is 3.31. The van der Waals surface area contributed by atoms with Gasteiger partial charge in [-0.2, -0.15) is 0 Å². The van der Waals surface area contributed by atoms with Gasteiger partial charge >= 0.3 is 0 Å². The van der Waals surface area contributed by atoms with E-state index in [4.69, 9.17) is 4.74 Å². The van der Waals surface area contributed by atoms with Crippen molar-refractivity contribution < 1.29 is 4.74 Å². The van der Waals surface area contributed by atoms with Gasteiger partial charge in [0.05, 0.1) is 5.60 Å². The van der Waals surface area contributed by atoms with Gasteiger partial charge in [-0.25, -0.2) is 0 Å². The van der Waals surface area contributed by atoms with Gasteiger partial charge in [0, 0.05) is 12.6 Å². The normalized spacial score (nSPS) is 21.7. The van der Waals surface area contributed by atoms with Crippen molar-refractivity contribution in [1.29, 1.82) is 0 Å². The molecule has 17 heavy (non-hydrogen) atoms. The summed E-state index contributed by atoms with van der Waals surface area (Å²) >= 11 is 0. The third-order valence-electron chi connectivity index (χ3n) is 3.98. The highest BCUT2D eigenvalue weighted by molar-refractivity contribution is 4.97. The van der Waals surface area contributed by atoms with Gasteiger partial charge in [-0.15, -0.1) is 0 Å². The topological polar surface area (TPSA) is 21.3 Å². The molecule has 1 rings (SSSR count). The van der Waals surface area contributed by atoms with Gasteiger partial charge in [-0.3, -0.25) is 0 Å². The molecule has 1 fully saturated rings. The number of nitrogens with one attached hydrogen (secondary N) is 1. The highest BCUT2D eigenvalue weighted by Gasteiger charge is 2.41. The molecular formula is C15H31NO. The van der Waals surface area contributed by atoms with Gasteiger partial charge in [-0.05, 0) is 38.6 Å². The van der Waals surface area contributed by atoms with Crippen LogP contribution < -0.4 is 5.32 Å². The van der Waals surface area contributed by atoms with Crippen molar-refractivity contribution in [3.05, 3.63) is 0 Å². The van der Waals surface area contributed by atoms with Crippen LogP contribution in [0, 0.1) is 5.92 Å². The molecule has 2 nitrogen and oxygen atoms in total. The third-order valence-corrected chi connectivity index (χ3v) is 3.98. The highest BCUT2D eigenvalue weighted by atomic mass is 16.5. The van der Waals surface area contributed by atoms with Gasteiger partial charge in [0.2, 0.25) is 0 Å². The number of rotatable bonds is 7. The molecule has 0 amide bonds. The summed E-state index contributed by atoms with van der Waals surface area (Å²) in [5.74, 6) is 0.645. The summed E-state index contributed by atoms with van der Waals surface area (Å²) in [4.78, 5) is 0. The van der Waals surface area contributed by atoms with Crippen LogP contribution in [0.3, 0.4) is 0 Å². The van der Waals surface area contributed by atoms with Crippen LogP contribution in [0.4, 0.5) is 0 Å². The van der Waals surface area contributed by atoms with Crippen molar-refractivity contribution in [2.75, 3.05) is 13.2 Å². The first kappa shape index (κ1) is 15.0. The van der Waals surface area contributed by atoms with Gasteiger partial charge in [0.25, 0.3) is 0 Å². The second-order valence-electron chi connectivity index (χ2n) is 5.73. The van der Waals surface area contributed by atoms with Crippen molar-refractivity contribution >= 4 is 0 Å². The lowest BCUT2D eigenvalue weighted by Crippen LogP contribution is -2.56. The minimum Gasteiger partial charge on any atom is -0.374 e. The summed E-state index contributed by atoms with van der Waals surface area (Å²) in [6.45, 7) is 11.0. The maximum absolute atomic E-state index is 6.23. The predicted molar refractivity (Wildman–Crippen MR) is 74.4 cm³/mol. The second kappa shape index (κ2) is 7.38. The Kier molecular flexibility index (Phi) is 6.50. The van der Waals surface area contributed by atoms with E-state index in [1.165, 1.54) is 38.5 Å². The molecule has 0 bridgehead atoms. The first-order chi connectivity index (χ1) is 8.16. The molecule has 0 saturated heterocycles. The molecule has 0 aromatic heterocycles. The van der Waals surface area contributed by atoms with Crippen molar-refractivity contribution in [3.8, 4) is 0 Å². The Bertz CT molecular complexity index is 192. The van der Waals surface area contributed by atoms with Crippen LogP contribution in [0.5, 0.6) is 0 Å². The Morgan fingerprint density at radius 3 is 2.24 bits per heavy atom. The lowest BCUT2D eigenvalue weighted by molar-refractivity contribution is -0.0993. The van der Waals surface area contributed by atoms with Crippen molar-refractivity contribution in [2.45, 2.75) is 77.9 Å². The zero-order valence-electron chi connectivity index (χ0n) is 12.2. The maximum Gasteiger partial charge on any atom is 0.0837 e. The van der Waals surface area contributed by atoms with Crippen LogP contribution in [0.25, 0.3) is 0 Å². The molecule has 1 N–H and O–H groups in total. The average molecular weight is 241 g/mol. The lowest BCUT2D eigenvalue weighted by atomic mass is 9.75.